The van der Waals surface area contributed by atoms with Crippen LogP contribution >= 0.6 is 15.9 Å². The first kappa shape index (κ1) is 23.1. The molecule has 0 radical (unpaired) electrons. The molecule has 5 nitrogen and oxygen atoms in total. The maximum Gasteiger partial charge on any atom is 0.266 e. The second-order valence-corrected chi connectivity index (χ2v) is 7.90. The molecule has 0 aliphatic heterocycles. The smallest absolute Gasteiger partial charge is 0.266 e. The van der Waals surface area contributed by atoms with Gasteiger partial charge >= 0.3 is 0 Å². The van der Waals surface area contributed by atoms with Gasteiger partial charge in [0, 0.05) is 5.69 Å². The zero-order valence-corrected chi connectivity index (χ0v) is 19.5. The zero-order valence-electron chi connectivity index (χ0n) is 17.9. The van der Waals surface area contributed by atoms with Crippen molar-refractivity contribution >= 4 is 33.6 Å². The standard InChI is InChI=1S/C26H23BrN2O3/c1-3-31-23-11-9-22(10-12-23)29-26(30)21(16-28)14-20-8-13-25(24(27)15-20)32-17-19-6-4-18(2)5-7-19/h4-15H,3,17H2,1-2H3,(H,29,30)/b21-14-. The van der Waals surface area contributed by atoms with Crippen LogP contribution in [0.4, 0.5) is 5.69 Å². The minimum absolute atomic E-state index is 0.000825. The summed E-state index contributed by atoms with van der Waals surface area (Å²) in [5, 5.41) is 12.2. The van der Waals surface area contributed by atoms with E-state index in [0.29, 0.717) is 30.2 Å². The monoisotopic (exact) mass is 490 g/mol. The van der Waals surface area contributed by atoms with Gasteiger partial charge in [0.1, 0.15) is 29.7 Å². The van der Waals surface area contributed by atoms with Crippen molar-refractivity contribution in [2.24, 2.45) is 0 Å². The van der Waals surface area contributed by atoms with E-state index < -0.39 is 5.91 Å². The van der Waals surface area contributed by atoms with Crippen LogP contribution in [-0.2, 0) is 11.4 Å². The molecule has 1 N–H and O–H groups in total. The average molecular weight is 491 g/mol. The molecule has 0 atom stereocenters. The molecule has 0 fully saturated rings. The molecule has 0 saturated heterocycles. The SMILES string of the molecule is CCOc1ccc(NC(=O)/C(C#N)=C\c2ccc(OCc3ccc(C)cc3)c(Br)c2)cc1. The Kier molecular flexibility index (Phi) is 8.07. The molecule has 0 aliphatic rings. The molecule has 3 rings (SSSR count). The van der Waals surface area contributed by atoms with E-state index in [-0.39, 0.29) is 5.57 Å². The van der Waals surface area contributed by atoms with Crippen molar-refractivity contribution in [2.45, 2.75) is 20.5 Å². The molecular formula is C26H23BrN2O3. The fraction of sp³-hybridized carbons (Fsp3) is 0.154. The van der Waals surface area contributed by atoms with Crippen LogP contribution in [0.5, 0.6) is 11.5 Å². The Bertz CT molecular complexity index is 1150. The fourth-order valence-electron chi connectivity index (χ4n) is 2.88. The lowest BCUT2D eigenvalue weighted by Crippen LogP contribution is -2.13. The molecule has 0 spiro atoms. The van der Waals surface area contributed by atoms with E-state index in [4.69, 9.17) is 9.47 Å². The summed E-state index contributed by atoms with van der Waals surface area (Å²) in [4.78, 5) is 12.5. The highest BCUT2D eigenvalue weighted by Gasteiger charge is 2.11. The molecule has 32 heavy (non-hydrogen) atoms. The summed E-state index contributed by atoms with van der Waals surface area (Å²) in [7, 11) is 0. The van der Waals surface area contributed by atoms with Gasteiger partial charge in [-0.1, -0.05) is 35.9 Å². The van der Waals surface area contributed by atoms with E-state index in [2.05, 4.69) is 21.2 Å². The van der Waals surface area contributed by atoms with E-state index in [1.807, 2.05) is 56.3 Å². The quantitative estimate of drug-likeness (QED) is 0.297. The second-order valence-electron chi connectivity index (χ2n) is 7.05. The molecule has 3 aromatic rings. The van der Waals surface area contributed by atoms with E-state index in [1.165, 1.54) is 5.56 Å². The number of nitrogens with zero attached hydrogens (tertiary/aromatic N) is 1. The van der Waals surface area contributed by atoms with Crippen LogP contribution in [0.3, 0.4) is 0 Å². The van der Waals surface area contributed by atoms with Crippen molar-refractivity contribution in [3.8, 4) is 17.6 Å². The Morgan fingerprint density at radius 3 is 2.41 bits per heavy atom. The van der Waals surface area contributed by atoms with Gasteiger partial charge in [0.25, 0.3) is 5.91 Å². The second kappa shape index (κ2) is 11.2. The summed E-state index contributed by atoms with van der Waals surface area (Å²) in [5.41, 5.74) is 3.56. The van der Waals surface area contributed by atoms with Gasteiger partial charge in [0.05, 0.1) is 11.1 Å². The third-order valence-electron chi connectivity index (χ3n) is 4.57. The van der Waals surface area contributed by atoms with Crippen molar-refractivity contribution in [1.82, 2.24) is 0 Å². The fourth-order valence-corrected chi connectivity index (χ4v) is 3.40. The number of ether oxygens (including phenoxy) is 2. The van der Waals surface area contributed by atoms with E-state index in [9.17, 15) is 10.1 Å². The van der Waals surface area contributed by atoms with Crippen LogP contribution in [0.1, 0.15) is 23.6 Å². The molecule has 162 valence electrons. The Morgan fingerprint density at radius 2 is 1.78 bits per heavy atom. The summed E-state index contributed by atoms with van der Waals surface area (Å²) < 4.78 is 12.0. The number of hydrogen-bond acceptors (Lipinski definition) is 4. The predicted octanol–water partition coefficient (Wildman–Crippen LogP) is 6.28. The number of benzene rings is 3. The summed E-state index contributed by atoms with van der Waals surface area (Å²) in [6.07, 6.45) is 1.54. The molecule has 0 saturated carbocycles. The first-order chi connectivity index (χ1) is 15.5. The molecule has 0 heterocycles. The van der Waals surface area contributed by atoms with Crippen molar-refractivity contribution < 1.29 is 14.3 Å². The summed E-state index contributed by atoms with van der Waals surface area (Å²) in [6, 6.07) is 22.5. The number of carbonyl (C=O) groups excluding carboxylic acids is 1. The Hall–Kier alpha value is -3.56. The largest absolute Gasteiger partial charge is 0.494 e. The van der Waals surface area contributed by atoms with Crippen LogP contribution < -0.4 is 14.8 Å². The molecule has 0 bridgehead atoms. The molecular weight excluding hydrogens is 468 g/mol. The van der Waals surface area contributed by atoms with Gasteiger partial charge in [-0.15, -0.1) is 0 Å². The van der Waals surface area contributed by atoms with Crippen molar-refractivity contribution in [2.75, 3.05) is 11.9 Å². The van der Waals surface area contributed by atoms with Crippen LogP contribution in [0.2, 0.25) is 0 Å². The van der Waals surface area contributed by atoms with Gasteiger partial charge in [-0.05, 0) is 83.4 Å². The van der Waals surface area contributed by atoms with E-state index in [1.54, 1.807) is 36.4 Å². The van der Waals surface area contributed by atoms with Crippen molar-refractivity contribution in [1.29, 1.82) is 5.26 Å². The topological polar surface area (TPSA) is 71.3 Å². The number of carbonyl (C=O) groups is 1. The molecule has 0 aliphatic carbocycles. The normalized spacial score (nSPS) is 10.9. The minimum Gasteiger partial charge on any atom is -0.494 e. The lowest BCUT2D eigenvalue weighted by molar-refractivity contribution is -0.112. The average Bonchev–Trinajstić information content (AvgIpc) is 2.79. The van der Waals surface area contributed by atoms with Gasteiger partial charge < -0.3 is 14.8 Å². The minimum atomic E-state index is -0.479. The molecule has 0 aromatic heterocycles. The number of halogens is 1. The molecule has 3 aromatic carbocycles. The number of hydrogen-bond donors (Lipinski definition) is 1. The highest BCUT2D eigenvalue weighted by Crippen LogP contribution is 2.28. The Morgan fingerprint density at radius 1 is 1.06 bits per heavy atom. The number of anilines is 1. The van der Waals surface area contributed by atoms with Crippen LogP contribution in [0.15, 0.2) is 76.8 Å². The van der Waals surface area contributed by atoms with Gasteiger partial charge in [-0.25, -0.2) is 0 Å². The number of aryl methyl sites for hydroxylation is 1. The van der Waals surface area contributed by atoms with Gasteiger partial charge in [-0.2, -0.15) is 5.26 Å². The van der Waals surface area contributed by atoms with Gasteiger partial charge in [0.2, 0.25) is 0 Å². The molecule has 6 heteroatoms. The first-order valence-electron chi connectivity index (χ1n) is 10.1. The maximum absolute atomic E-state index is 12.5. The predicted molar refractivity (Wildman–Crippen MR) is 129 cm³/mol. The Labute approximate surface area is 196 Å². The summed E-state index contributed by atoms with van der Waals surface area (Å²) in [6.45, 7) is 4.96. The first-order valence-corrected chi connectivity index (χ1v) is 10.9. The zero-order chi connectivity index (χ0) is 22.9. The molecule has 1 amide bonds. The highest BCUT2D eigenvalue weighted by molar-refractivity contribution is 9.10. The number of amides is 1. The van der Waals surface area contributed by atoms with Crippen molar-refractivity contribution in [3.63, 3.8) is 0 Å². The van der Waals surface area contributed by atoms with Gasteiger partial charge in [0.15, 0.2) is 0 Å². The maximum atomic E-state index is 12.5. The summed E-state index contributed by atoms with van der Waals surface area (Å²) in [5.74, 6) is 0.920. The van der Waals surface area contributed by atoms with Crippen molar-refractivity contribution in [3.05, 3.63) is 93.5 Å². The lowest BCUT2D eigenvalue weighted by Gasteiger charge is -2.10. The van der Waals surface area contributed by atoms with E-state index in [0.717, 1.165) is 15.8 Å². The Balaban J connectivity index is 1.66. The van der Waals surface area contributed by atoms with E-state index >= 15 is 0 Å². The van der Waals surface area contributed by atoms with Crippen LogP contribution in [-0.4, -0.2) is 12.5 Å². The van der Waals surface area contributed by atoms with Crippen LogP contribution in [0.25, 0.3) is 6.08 Å². The number of nitriles is 1. The highest BCUT2D eigenvalue weighted by atomic mass is 79.9. The van der Waals surface area contributed by atoms with Gasteiger partial charge in [-0.3, -0.25) is 4.79 Å². The van der Waals surface area contributed by atoms with Crippen LogP contribution in [0, 0.1) is 18.3 Å². The third-order valence-corrected chi connectivity index (χ3v) is 5.19. The number of nitrogens with one attached hydrogen (secondary N) is 1. The third kappa shape index (κ3) is 6.47. The summed E-state index contributed by atoms with van der Waals surface area (Å²) >= 11 is 3.50. The number of rotatable bonds is 8. The molecule has 0 unspecified atom stereocenters. The lowest BCUT2D eigenvalue weighted by atomic mass is 10.1.